The highest BCUT2D eigenvalue weighted by Gasteiger charge is 2.46. The highest BCUT2D eigenvalue weighted by molar-refractivity contribution is 6.31. The Kier molecular flexibility index (Phi) is 3.86. The van der Waals surface area contributed by atoms with Gasteiger partial charge in [0, 0.05) is 10.9 Å². The molecule has 4 rings (SSSR count). The molecular formula is C20H20ClNO. The fourth-order valence-electron chi connectivity index (χ4n) is 3.43. The second-order valence-electron chi connectivity index (χ2n) is 6.70. The first kappa shape index (κ1) is 14.8. The Bertz CT molecular complexity index is 711. The summed E-state index contributed by atoms with van der Waals surface area (Å²) < 4.78 is 0. The monoisotopic (exact) mass is 325 g/mol. The van der Waals surface area contributed by atoms with Crippen LogP contribution in [0.15, 0.2) is 54.6 Å². The predicted octanol–water partition coefficient (Wildman–Crippen LogP) is 4.71. The zero-order valence-corrected chi connectivity index (χ0v) is 13.7. The fraction of sp³-hybridized carbons (Fsp3) is 0.350. The van der Waals surface area contributed by atoms with E-state index in [2.05, 4.69) is 17.4 Å². The predicted molar refractivity (Wildman–Crippen MR) is 92.3 cm³/mol. The molecule has 118 valence electrons. The minimum atomic E-state index is 0.0693. The van der Waals surface area contributed by atoms with Gasteiger partial charge in [0.1, 0.15) is 0 Å². The maximum atomic E-state index is 12.7. The molecule has 2 aliphatic rings. The van der Waals surface area contributed by atoms with Crippen LogP contribution < -0.4 is 5.32 Å². The fourth-order valence-corrected chi connectivity index (χ4v) is 3.70. The lowest BCUT2D eigenvalue weighted by Crippen LogP contribution is -2.31. The molecule has 2 aliphatic carbocycles. The maximum Gasteiger partial charge on any atom is 0.224 e. The number of halogens is 1. The van der Waals surface area contributed by atoms with Crippen LogP contribution in [0.3, 0.4) is 0 Å². The van der Waals surface area contributed by atoms with Gasteiger partial charge in [-0.3, -0.25) is 4.79 Å². The van der Waals surface area contributed by atoms with Gasteiger partial charge in [0.05, 0.1) is 6.04 Å². The number of hydrogen-bond donors (Lipinski definition) is 1. The standard InChI is InChI=1S/C20H20ClNO/c21-18-9-5-4-8-15(18)16-12-17(16)20(23)22-19(14-10-11-14)13-6-2-1-3-7-13/h1-9,14,16-17,19H,10-12H2,(H,22,23). The smallest absolute Gasteiger partial charge is 0.224 e. The highest BCUT2D eigenvalue weighted by Crippen LogP contribution is 2.50. The van der Waals surface area contributed by atoms with Crippen molar-refractivity contribution in [2.24, 2.45) is 11.8 Å². The Morgan fingerprint density at radius 3 is 2.43 bits per heavy atom. The molecule has 0 bridgehead atoms. The van der Waals surface area contributed by atoms with Crippen LogP contribution in [-0.2, 0) is 4.79 Å². The van der Waals surface area contributed by atoms with Gasteiger partial charge in [-0.2, -0.15) is 0 Å². The quantitative estimate of drug-likeness (QED) is 0.847. The average Bonchev–Trinajstić information content (AvgIpc) is 3.47. The van der Waals surface area contributed by atoms with E-state index in [-0.39, 0.29) is 23.8 Å². The van der Waals surface area contributed by atoms with E-state index in [0.717, 1.165) is 17.0 Å². The van der Waals surface area contributed by atoms with Crippen LogP contribution in [0.1, 0.15) is 42.3 Å². The van der Waals surface area contributed by atoms with E-state index in [4.69, 9.17) is 11.6 Å². The molecule has 2 saturated carbocycles. The van der Waals surface area contributed by atoms with Crippen molar-refractivity contribution < 1.29 is 4.79 Å². The summed E-state index contributed by atoms with van der Waals surface area (Å²) in [5, 5.41) is 4.07. The van der Waals surface area contributed by atoms with Crippen molar-refractivity contribution in [1.82, 2.24) is 5.32 Å². The van der Waals surface area contributed by atoms with Gasteiger partial charge in [0.2, 0.25) is 5.91 Å². The van der Waals surface area contributed by atoms with Gasteiger partial charge in [-0.1, -0.05) is 60.1 Å². The molecule has 0 radical (unpaired) electrons. The first-order valence-electron chi connectivity index (χ1n) is 8.34. The third kappa shape index (κ3) is 3.13. The molecule has 2 nitrogen and oxygen atoms in total. The van der Waals surface area contributed by atoms with Crippen LogP contribution in [0.2, 0.25) is 5.02 Å². The molecular weight excluding hydrogens is 306 g/mol. The van der Waals surface area contributed by atoms with E-state index < -0.39 is 0 Å². The van der Waals surface area contributed by atoms with Crippen molar-refractivity contribution in [2.75, 3.05) is 0 Å². The molecule has 2 fully saturated rings. The van der Waals surface area contributed by atoms with Crippen molar-refractivity contribution in [1.29, 1.82) is 0 Å². The van der Waals surface area contributed by atoms with E-state index >= 15 is 0 Å². The van der Waals surface area contributed by atoms with E-state index in [1.165, 1.54) is 18.4 Å². The number of amides is 1. The SMILES string of the molecule is O=C(NC(c1ccccc1)C1CC1)C1CC1c1ccccc1Cl. The van der Waals surface area contributed by atoms with Gasteiger partial charge in [0.15, 0.2) is 0 Å². The molecule has 23 heavy (non-hydrogen) atoms. The van der Waals surface area contributed by atoms with Crippen molar-refractivity contribution >= 4 is 17.5 Å². The van der Waals surface area contributed by atoms with E-state index in [9.17, 15) is 4.79 Å². The lowest BCUT2D eigenvalue weighted by molar-refractivity contribution is -0.123. The van der Waals surface area contributed by atoms with Gasteiger partial charge in [0.25, 0.3) is 0 Å². The molecule has 0 aromatic heterocycles. The van der Waals surface area contributed by atoms with Crippen molar-refractivity contribution in [2.45, 2.75) is 31.2 Å². The van der Waals surface area contributed by atoms with Crippen LogP contribution >= 0.6 is 11.6 Å². The summed E-state index contributed by atoms with van der Waals surface area (Å²) in [6.45, 7) is 0. The van der Waals surface area contributed by atoms with Crippen LogP contribution in [0.25, 0.3) is 0 Å². The number of rotatable bonds is 5. The van der Waals surface area contributed by atoms with Crippen LogP contribution in [0.4, 0.5) is 0 Å². The van der Waals surface area contributed by atoms with Gasteiger partial charge < -0.3 is 5.32 Å². The Balaban J connectivity index is 1.45. The number of carbonyl (C=O) groups is 1. The van der Waals surface area contributed by atoms with Crippen molar-refractivity contribution in [3.05, 3.63) is 70.7 Å². The number of nitrogens with one attached hydrogen (secondary N) is 1. The van der Waals surface area contributed by atoms with Crippen molar-refractivity contribution in [3.63, 3.8) is 0 Å². The van der Waals surface area contributed by atoms with Crippen LogP contribution in [0.5, 0.6) is 0 Å². The molecule has 2 aromatic carbocycles. The Labute approximate surface area is 141 Å². The zero-order valence-electron chi connectivity index (χ0n) is 12.9. The van der Waals surface area contributed by atoms with E-state index in [1.54, 1.807) is 0 Å². The average molecular weight is 326 g/mol. The van der Waals surface area contributed by atoms with E-state index in [1.807, 2.05) is 42.5 Å². The third-order valence-corrected chi connectivity index (χ3v) is 5.33. The highest BCUT2D eigenvalue weighted by atomic mass is 35.5. The van der Waals surface area contributed by atoms with Crippen LogP contribution in [-0.4, -0.2) is 5.91 Å². The summed E-state index contributed by atoms with van der Waals surface area (Å²) in [5.74, 6) is 1.12. The van der Waals surface area contributed by atoms with Crippen molar-refractivity contribution in [3.8, 4) is 0 Å². The normalized spacial score (nSPS) is 24.0. The lowest BCUT2D eigenvalue weighted by atomic mass is 10.0. The molecule has 0 saturated heterocycles. The summed E-state index contributed by atoms with van der Waals surface area (Å²) in [4.78, 5) is 12.7. The minimum Gasteiger partial charge on any atom is -0.349 e. The number of carbonyl (C=O) groups excluding carboxylic acids is 1. The van der Waals surface area contributed by atoms with Gasteiger partial charge in [-0.15, -0.1) is 0 Å². The lowest BCUT2D eigenvalue weighted by Gasteiger charge is -2.19. The molecule has 3 atom stereocenters. The first-order chi connectivity index (χ1) is 11.2. The topological polar surface area (TPSA) is 29.1 Å². The molecule has 1 N–H and O–H groups in total. The summed E-state index contributed by atoms with van der Waals surface area (Å²) in [7, 11) is 0. The summed E-state index contributed by atoms with van der Waals surface area (Å²) in [6, 6.07) is 18.4. The minimum absolute atomic E-state index is 0.0693. The zero-order chi connectivity index (χ0) is 15.8. The molecule has 3 unspecified atom stereocenters. The van der Waals surface area contributed by atoms with Gasteiger partial charge >= 0.3 is 0 Å². The van der Waals surface area contributed by atoms with E-state index in [0.29, 0.717) is 5.92 Å². The Morgan fingerprint density at radius 2 is 1.74 bits per heavy atom. The molecule has 3 heteroatoms. The third-order valence-electron chi connectivity index (χ3n) is 4.98. The number of benzene rings is 2. The first-order valence-corrected chi connectivity index (χ1v) is 8.71. The molecule has 1 amide bonds. The maximum absolute atomic E-state index is 12.7. The summed E-state index contributed by atoms with van der Waals surface area (Å²) in [6.07, 6.45) is 3.32. The molecule has 2 aromatic rings. The summed E-state index contributed by atoms with van der Waals surface area (Å²) >= 11 is 6.26. The van der Waals surface area contributed by atoms with Gasteiger partial charge in [-0.05, 0) is 48.3 Å². The Hall–Kier alpha value is -1.80. The van der Waals surface area contributed by atoms with Gasteiger partial charge in [-0.25, -0.2) is 0 Å². The molecule has 0 aliphatic heterocycles. The number of hydrogen-bond acceptors (Lipinski definition) is 1. The Morgan fingerprint density at radius 1 is 1.04 bits per heavy atom. The molecule has 0 spiro atoms. The second-order valence-corrected chi connectivity index (χ2v) is 7.11. The second kappa shape index (κ2) is 6.01. The van der Waals surface area contributed by atoms with Crippen LogP contribution in [0, 0.1) is 11.8 Å². The largest absolute Gasteiger partial charge is 0.349 e. The summed E-state index contributed by atoms with van der Waals surface area (Å²) in [5.41, 5.74) is 2.33. The molecule has 0 heterocycles.